The molecule has 1 amide bonds. The van der Waals surface area contributed by atoms with Gasteiger partial charge in [0.2, 0.25) is 5.91 Å². The van der Waals surface area contributed by atoms with Crippen LogP contribution in [-0.4, -0.2) is 42.1 Å². The fraction of sp³-hybridized carbons (Fsp3) is 0.714. The highest BCUT2D eigenvalue weighted by molar-refractivity contribution is 7.09. The van der Waals surface area contributed by atoms with Gasteiger partial charge in [0.15, 0.2) is 0 Å². The van der Waals surface area contributed by atoms with Crippen LogP contribution in [0.3, 0.4) is 0 Å². The molecular weight excluding hydrogens is 260 g/mol. The molecule has 0 aromatic carbocycles. The topological polar surface area (TPSA) is 42.4 Å². The number of thiazole rings is 1. The van der Waals surface area contributed by atoms with Crippen LogP contribution in [0.1, 0.15) is 37.9 Å². The quantitative estimate of drug-likeness (QED) is 0.854. The van der Waals surface area contributed by atoms with Crippen LogP contribution in [0.2, 0.25) is 0 Å². The Labute approximate surface area is 118 Å². The van der Waals surface area contributed by atoms with Crippen molar-refractivity contribution in [2.45, 2.75) is 39.0 Å². The first kappa shape index (κ1) is 14.5. The van der Waals surface area contributed by atoms with E-state index in [2.05, 4.69) is 31.1 Å². The van der Waals surface area contributed by atoms with Crippen molar-refractivity contribution in [3.8, 4) is 0 Å². The number of hydrogen-bond donors (Lipinski definition) is 0. The number of carbonyl (C=O) groups excluding carboxylic acids is 1. The molecular formula is C14H22N2O2S. The molecule has 0 N–H and O–H groups in total. The summed E-state index contributed by atoms with van der Waals surface area (Å²) in [4.78, 5) is 18.5. The zero-order chi connectivity index (χ0) is 13.9. The molecule has 0 bridgehead atoms. The Hall–Kier alpha value is -0.940. The van der Waals surface area contributed by atoms with Gasteiger partial charge in [-0.05, 0) is 0 Å². The predicted molar refractivity (Wildman–Crippen MR) is 76.5 cm³/mol. The molecule has 2 rings (SSSR count). The van der Waals surface area contributed by atoms with Crippen molar-refractivity contribution < 1.29 is 9.53 Å². The van der Waals surface area contributed by atoms with Crippen molar-refractivity contribution in [3.63, 3.8) is 0 Å². The fourth-order valence-corrected chi connectivity index (χ4v) is 2.98. The summed E-state index contributed by atoms with van der Waals surface area (Å²) in [6.45, 7) is 9.25. The van der Waals surface area contributed by atoms with Gasteiger partial charge in [0, 0.05) is 36.7 Å². The van der Waals surface area contributed by atoms with Crippen LogP contribution in [0.4, 0.5) is 0 Å². The SMILES string of the molecule is CC(C)(C)c1csc(CCC(=O)N2CCOCC2)n1. The molecule has 1 fully saturated rings. The van der Waals surface area contributed by atoms with Gasteiger partial charge in [0.05, 0.1) is 23.9 Å². The lowest BCUT2D eigenvalue weighted by Gasteiger charge is -2.26. The molecule has 1 saturated heterocycles. The lowest BCUT2D eigenvalue weighted by atomic mass is 9.93. The first-order valence-corrected chi connectivity index (χ1v) is 7.65. The van der Waals surface area contributed by atoms with E-state index in [-0.39, 0.29) is 11.3 Å². The second kappa shape index (κ2) is 6.01. The Bertz CT molecular complexity index is 431. The summed E-state index contributed by atoms with van der Waals surface area (Å²) in [5, 5.41) is 3.17. The third-order valence-corrected chi connectivity index (χ3v) is 4.15. The summed E-state index contributed by atoms with van der Waals surface area (Å²) in [6, 6.07) is 0. The molecule has 0 saturated carbocycles. The van der Waals surface area contributed by atoms with Crippen molar-refractivity contribution in [2.24, 2.45) is 0 Å². The van der Waals surface area contributed by atoms with Gasteiger partial charge in [-0.1, -0.05) is 20.8 Å². The molecule has 19 heavy (non-hydrogen) atoms. The van der Waals surface area contributed by atoms with Crippen LogP contribution >= 0.6 is 11.3 Å². The minimum Gasteiger partial charge on any atom is -0.378 e. The standard InChI is InChI=1S/C14H22N2O2S/c1-14(2,3)11-10-19-12(15-11)4-5-13(17)16-6-8-18-9-7-16/h10H,4-9H2,1-3H3. The van der Waals surface area contributed by atoms with E-state index < -0.39 is 0 Å². The minimum absolute atomic E-state index is 0.0863. The van der Waals surface area contributed by atoms with Gasteiger partial charge in [-0.3, -0.25) is 4.79 Å². The van der Waals surface area contributed by atoms with Crippen LogP contribution in [0.25, 0.3) is 0 Å². The molecule has 0 aliphatic carbocycles. The Kier molecular flexibility index (Phi) is 4.58. The van der Waals surface area contributed by atoms with E-state index in [0.717, 1.165) is 30.2 Å². The Balaban J connectivity index is 1.85. The summed E-state index contributed by atoms with van der Waals surface area (Å²) in [7, 11) is 0. The molecule has 4 nitrogen and oxygen atoms in total. The zero-order valence-corrected chi connectivity index (χ0v) is 12.8. The molecule has 2 heterocycles. The Morgan fingerprint density at radius 2 is 2.11 bits per heavy atom. The van der Waals surface area contributed by atoms with Crippen LogP contribution in [0.5, 0.6) is 0 Å². The number of hydrogen-bond acceptors (Lipinski definition) is 4. The monoisotopic (exact) mass is 282 g/mol. The lowest BCUT2D eigenvalue weighted by molar-refractivity contribution is -0.135. The first-order valence-electron chi connectivity index (χ1n) is 6.77. The van der Waals surface area contributed by atoms with Gasteiger partial charge in [-0.2, -0.15) is 0 Å². The molecule has 1 aliphatic heterocycles. The van der Waals surface area contributed by atoms with Crippen molar-refractivity contribution in [2.75, 3.05) is 26.3 Å². The van der Waals surface area contributed by atoms with Gasteiger partial charge >= 0.3 is 0 Å². The predicted octanol–water partition coefficient (Wildman–Crippen LogP) is 2.23. The Morgan fingerprint density at radius 3 is 2.68 bits per heavy atom. The molecule has 1 aliphatic rings. The number of nitrogens with zero attached hydrogens (tertiary/aromatic N) is 2. The number of ether oxygens (including phenoxy) is 1. The smallest absolute Gasteiger partial charge is 0.223 e. The maximum Gasteiger partial charge on any atom is 0.223 e. The third-order valence-electron chi connectivity index (χ3n) is 3.24. The molecule has 5 heteroatoms. The van der Waals surface area contributed by atoms with E-state index in [1.807, 2.05) is 4.90 Å². The molecule has 0 spiro atoms. The molecule has 1 aromatic heterocycles. The minimum atomic E-state index is 0.0863. The highest BCUT2D eigenvalue weighted by atomic mass is 32.1. The number of rotatable bonds is 3. The van der Waals surface area contributed by atoms with Crippen LogP contribution < -0.4 is 0 Å². The lowest BCUT2D eigenvalue weighted by Crippen LogP contribution is -2.40. The van der Waals surface area contributed by atoms with Crippen LogP contribution in [-0.2, 0) is 21.4 Å². The highest BCUT2D eigenvalue weighted by Gasteiger charge is 2.19. The third kappa shape index (κ3) is 4.01. The van der Waals surface area contributed by atoms with E-state index in [1.54, 1.807) is 11.3 Å². The van der Waals surface area contributed by atoms with Crippen molar-refractivity contribution >= 4 is 17.2 Å². The first-order chi connectivity index (χ1) is 8.97. The zero-order valence-electron chi connectivity index (χ0n) is 11.9. The number of amides is 1. The van der Waals surface area contributed by atoms with E-state index in [1.165, 1.54) is 0 Å². The molecule has 0 atom stereocenters. The average molecular weight is 282 g/mol. The molecule has 1 aromatic rings. The fourth-order valence-electron chi connectivity index (χ4n) is 1.95. The maximum atomic E-state index is 12.0. The normalized spacial score (nSPS) is 16.7. The molecule has 0 radical (unpaired) electrons. The summed E-state index contributed by atoms with van der Waals surface area (Å²) < 4.78 is 5.25. The van der Waals surface area contributed by atoms with Crippen LogP contribution in [0.15, 0.2) is 5.38 Å². The second-order valence-corrected chi connectivity index (χ2v) is 6.81. The van der Waals surface area contributed by atoms with Crippen molar-refractivity contribution in [1.82, 2.24) is 9.88 Å². The summed E-state index contributed by atoms with van der Waals surface area (Å²) >= 11 is 1.66. The van der Waals surface area contributed by atoms with Gasteiger partial charge in [0.1, 0.15) is 0 Å². The average Bonchev–Trinajstić information content (AvgIpc) is 2.86. The van der Waals surface area contributed by atoms with E-state index in [9.17, 15) is 4.79 Å². The molecule has 106 valence electrons. The van der Waals surface area contributed by atoms with Gasteiger partial charge in [-0.25, -0.2) is 4.98 Å². The largest absolute Gasteiger partial charge is 0.378 e. The number of carbonyl (C=O) groups is 1. The summed E-state index contributed by atoms with van der Waals surface area (Å²) in [5.74, 6) is 0.218. The van der Waals surface area contributed by atoms with Crippen molar-refractivity contribution in [1.29, 1.82) is 0 Å². The van der Waals surface area contributed by atoms with Gasteiger partial charge in [0.25, 0.3) is 0 Å². The number of aromatic nitrogens is 1. The summed E-state index contributed by atoms with van der Waals surface area (Å²) in [5.41, 5.74) is 1.20. The van der Waals surface area contributed by atoms with E-state index >= 15 is 0 Å². The van der Waals surface area contributed by atoms with Gasteiger partial charge in [-0.15, -0.1) is 11.3 Å². The Morgan fingerprint density at radius 1 is 1.42 bits per heavy atom. The van der Waals surface area contributed by atoms with Gasteiger partial charge < -0.3 is 9.64 Å². The second-order valence-electron chi connectivity index (χ2n) is 5.87. The maximum absolute atomic E-state index is 12.0. The van der Waals surface area contributed by atoms with Crippen LogP contribution in [0, 0.1) is 0 Å². The van der Waals surface area contributed by atoms with Crippen molar-refractivity contribution in [3.05, 3.63) is 16.1 Å². The number of aryl methyl sites for hydroxylation is 1. The van der Waals surface area contributed by atoms with E-state index in [4.69, 9.17) is 4.74 Å². The number of morpholine rings is 1. The van der Waals surface area contributed by atoms with E-state index in [0.29, 0.717) is 19.6 Å². The molecule has 0 unspecified atom stereocenters. The highest BCUT2D eigenvalue weighted by Crippen LogP contribution is 2.24. The summed E-state index contributed by atoms with van der Waals surface area (Å²) in [6.07, 6.45) is 1.30.